The average molecular weight is 380 g/mol. The van der Waals surface area contributed by atoms with Gasteiger partial charge in [-0.05, 0) is 55.2 Å². The van der Waals surface area contributed by atoms with Crippen LogP contribution in [0.4, 0.5) is 0 Å². The van der Waals surface area contributed by atoms with Crippen molar-refractivity contribution in [3.05, 3.63) is 82.7 Å². The molecule has 0 fully saturated rings. The van der Waals surface area contributed by atoms with E-state index in [1.165, 1.54) is 55.7 Å². The standard InChI is InChI=1S/C27H27N2/c1-16-8-7-9-22-19(16)14-15-23(29(22)6)24-17(2)10-12-20-21-13-11-18(3)28-26(21)27(4,5)25(20)24/h7-15H,1-6H3/q+1. The van der Waals surface area contributed by atoms with Gasteiger partial charge in [-0.25, -0.2) is 0 Å². The zero-order chi connectivity index (χ0) is 20.5. The van der Waals surface area contributed by atoms with E-state index in [9.17, 15) is 0 Å². The Bertz CT molecular complexity index is 1310. The molecule has 29 heavy (non-hydrogen) atoms. The fraction of sp³-hybridized carbons (Fsp3) is 0.259. The normalized spacial score (nSPS) is 14.1. The Kier molecular flexibility index (Phi) is 3.73. The van der Waals surface area contributed by atoms with E-state index in [-0.39, 0.29) is 5.41 Å². The van der Waals surface area contributed by atoms with Crippen LogP contribution in [0.1, 0.15) is 41.9 Å². The Morgan fingerprint density at radius 1 is 0.793 bits per heavy atom. The average Bonchev–Trinajstić information content (AvgIpc) is 2.90. The molecule has 144 valence electrons. The Hall–Kier alpha value is -3.00. The van der Waals surface area contributed by atoms with Crippen molar-refractivity contribution in [2.45, 2.75) is 40.0 Å². The first-order valence-electron chi connectivity index (χ1n) is 10.3. The van der Waals surface area contributed by atoms with E-state index in [4.69, 9.17) is 4.98 Å². The third kappa shape index (κ3) is 2.42. The van der Waals surface area contributed by atoms with Crippen molar-refractivity contribution in [3.8, 4) is 22.4 Å². The van der Waals surface area contributed by atoms with Crippen molar-refractivity contribution < 1.29 is 4.57 Å². The molecule has 0 saturated heterocycles. The van der Waals surface area contributed by atoms with Gasteiger partial charge in [0.25, 0.3) is 0 Å². The molecule has 2 nitrogen and oxygen atoms in total. The lowest BCUT2D eigenvalue weighted by Gasteiger charge is -2.24. The zero-order valence-electron chi connectivity index (χ0n) is 18.1. The van der Waals surface area contributed by atoms with Crippen molar-refractivity contribution in [1.82, 2.24) is 4.98 Å². The number of hydrogen-bond donors (Lipinski definition) is 0. The monoisotopic (exact) mass is 379 g/mol. The fourth-order valence-corrected chi connectivity index (χ4v) is 5.11. The minimum Gasteiger partial charge on any atom is -0.257 e. The summed E-state index contributed by atoms with van der Waals surface area (Å²) in [5.74, 6) is 0. The molecule has 2 heterocycles. The van der Waals surface area contributed by atoms with Crippen LogP contribution in [0.2, 0.25) is 0 Å². The first kappa shape index (κ1) is 18.1. The van der Waals surface area contributed by atoms with Gasteiger partial charge in [-0.1, -0.05) is 44.2 Å². The number of rotatable bonds is 1. The maximum absolute atomic E-state index is 4.96. The molecule has 2 aromatic carbocycles. The van der Waals surface area contributed by atoms with E-state index < -0.39 is 0 Å². The lowest BCUT2D eigenvalue weighted by atomic mass is 9.80. The molecule has 0 radical (unpaired) electrons. The lowest BCUT2D eigenvalue weighted by Crippen LogP contribution is -2.33. The topological polar surface area (TPSA) is 16.8 Å². The summed E-state index contributed by atoms with van der Waals surface area (Å²) in [6, 6.07) is 20.0. The highest BCUT2D eigenvalue weighted by molar-refractivity contribution is 5.88. The first-order chi connectivity index (χ1) is 13.8. The quantitative estimate of drug-likeness (QED) is 0.373. The van der Waals surface area contributed by atoms with Crippen LogP contribution >= 0.6 is 0 Å². The summed E-state index contributed by atoms with van der Waals surface area (Å²) in [6.45, 7) is 11.1. The van der Waals surface area contributed by atoms with Gasteiger partial charge in [0.2, 0.25) is 11.2 Å². The molecule has 0 spiro atoms. The molecular formula is C27H27N2+. The maximum Gasteiger partial charge on any atom is 0.213 e. The summed E-state index contributed by atoms with van der Waals surface area (Å²) in [7, 11) is 2.19. The second kappa shape index (κ2) is 6.00. The lowest BCUT2D eigenvalue weighted by molar-refractivity contribution is -0.633. The highest BCUT2D eigenvalue weighted by Crippen LogP contribution is 2.51. The molecule has 4 aromatic rings. The Morgan fingerprint density at radius 2 is 1.55 bits per heavy atom. The minimum atomic E-state index is -0.132. The highest BCUT2D eigenvalue weighted by Gasteiger charge is 2.41. The first-order valence-corrected chi connectivity index (χ1v) is 10.3. The van der Waals surface area contributed by atoms with E-state index in [1.807, 2.05) is 0 Å². The molecule has 2 heteroatoms. The predicted octanol–water partition coefficient (Wildman–Crippen LogP) is 5.96. The number of fused-ring (bicyclic) bond motifs is 4. The van der Waals surface area contributed by atoms with Gasteiger partial charge in [0.05, 0.1) is 11.3 Å². The van der Waals surface area contributed by atoms with Gasteiger partial charge in [0.1, 0.15) is 7.05 Å². The molecule has 0 saturated carbocycles. The molecule has 1 aliphatic carbocycles. The van der Waals surface area contributed by atoms with Crippen molar-refractivity contribution in [1.29, 1.82) is 0 Å². The zero-order valence-corrected chi connectivity index (χ0v) is 18.1. The summed E-state index contributed by atoms with van der Waals surface area (Å²) < 4.78 is 2.35. The second-order valence-corrected chi connectivity index (χ2v) is 8.94. The van der Waals surface area contributed by atoms with Crippen LogP contribution in [0, 0.1) is 20.8 Å². The van der Waals surface area contributed by atoms with Crippen molar-refractivity contribution in [2.75, 3.05) is 0 Å². The van der Waals surface area contributed by atoms with Crippen molar-refractivity contribution in [3.63, 3.8) is 0 Å². The molecule has 0 bridgehead atoms. The summed E-state index contributed by atoms with van der Waals surface area (Å²) >= 11 is 0. The highest BCUT2D eigenvalue weighted by atomic mass is 14.9. The summed E-state index contributed by atoms with van der Waals surface area (Å²) in [4.78, 5) is 4.96. The van der Waals surface area contributed by atoms with Crippen LogP contribution < -0.4 is 4.57 Å². The molecule has 0 atom stereocenters. The third-order valence-electron chi connectivity index (χ3n) is 6.64. The Labute approximate surface area is 172 Å². The second-order valence-electron chi connectivity index (χ2n) is 8.94. The van der Waals surface area contributed by atoms with E-state index in [2.05, 4.69) is 101 Å². The van der Waals surface area contributed by atoms with Crippen LogP contribution in [-0.4, -0.2) is 4.98 Å². The maximum atomic E-state index is 4.96. The van der Waals surface area contributed by atoms with Gasteiger partial charge in [-0.3, -0.25) is 4.98 Å². The third-order valence-corrected chi connectivity index (χ3v) is 6.64. The largest absolute Gasteiger partial charge is 0.257 e. The Morgan fingerprint density at radius 3 is 2.34 bits per heavy atom. The summed E-state index contributed by atoms with van der Waals surface area (Å²) in [5.41, 5.74) is 12.6. The van der Waals surface area contributed by atoms with E-state index in [0.29, 0.717) is 0 Å². The van der Waals surface area contributed by atoms with Gasteiger partial charge in [0, 0.05) is 34.2 Å². The van der Waals surface area contributed by atoms with Crippen molar-refractivity contribution in [2.24, 2.45) is 7.05 Å². The van der Waals surface area contributed by atoms with Gasteiger partial charge < -0.3 is 0 Å². The predicted molar refractivity (Wildman–Crippen MR) is 120 cm³/mol. The molecule has 0 amide bonds. The van der Waals surface area contributed by atoms with Gasteiger partial charge >= 0.3 is 0 Å². The number of hydrogen-bond acceptors (Lipinski definition) is 1. The Balaban J connectivity index is 1.87. The van der Waals surface area contributed by atoms with Crippen LogP contribution in [0.15, 0.2) is 54.6 Å². The molecule has 0 aliphatic heterocycles. The fourth-order valence-electron chi connectivity index (χ4n) is 5.11. The van der Waals surface area contributed by atoms with Gasteiger partial charge in [0.15, 0.2) is 0 Å². The molecule has 0 N–H and O–H groups in total. The summed E-state index contributed by atoms with van der Waals surface area (Å²) in [5, 5.41) is 1.31. The van der Waals surface area contributed by atoms with Gasteiger partial charge in [-0.2, -0.15) is 4.57 Å². The van der Waals surface area contributed by atoms with Gasteiger partial charge in [-0.15, -0.1) is 0 Å². The number of pyridine rings is 2. The number of nitrogens with zero attached hydrogens (tertiary/aromatic N) is 2. The number of benzene rings is 2. The van der Waals surface area contributed by atoms with E-state index in [0.717, 1.165) is 5.69 Å². The van der Waals surface area contributed by atoms with Crippen LogP contribution in [-0.2, 0) is 12.5 Å². The molecule has 1 aliphatic rings. The van der Waals surface area contributed by atoms with Crippen molar-refractivity contribution >= 4 is 10.9 Å². The minimum absolute atomic E-state index is 0.132. The van der Waals surface area contributed by atoms with E-state index in [1.54, 1.807) is 0 Å². The SMILES string of the molecule is Cc1ccc2c(n1)C(C)(C)c1c-2ccc(C)c1-c1ccc2c(C)cccc2[n+]1C. The van der Waals surface area contributed by atoms with Crippen LogP contribution in [0.25, 0.3) is 33.3 Å². The smallest absolute Gasteiger partial charge is 0.213 e. The molecule has 2 aromatic heterocycles. The van der Waals surface area contributed by atoms with Crippen LogP contribution in [0.5, 0.6) is 0 Å². The number of aryl methyl sites for hydroxylation is 4. The molecular weight excluding hydrogens is 352 g/mol. The summed E-state index contributed by atoms with van der Waals surface area (Å²) in [6.07, 6.45) is 0. The number of aromatic nitrogens is 2. The van der Waals surface area contributed by atoms with Crippen LogP contribution in [0.3, 0.4) is 0 Å². The van der Waals surface area contributed by atoms with E-state index >= 15 is 0 Å². The molecule has 5 rings (SSSR count). The molecule has 0 unspecified atom stereocenters.